The van der Waals surface area contributed by atoms with E-state index < -0.39 is 0 Å². The van der Waals surface area contributed by atoms with E-state index in [0.717, 1.165) is 44.0 Å². The molecule has 0 heterocycles. The molecule has 1 aromatic carbocycles. The average molecular weight is 279 g/mol. The van der Waals surface area contributed by atoms with Gasteiger partial charge >= 0.3 is 0 Å². The molecule has 1 rings (SSSR count). The summed E-state index contributed by atoms with van der Waals surface area (Å²) < 4.78 is 11.6. The fraction of sp³-hybridized carbons (Fsp3) is 0.647. The summed E-state index contributed by atoms with van der Waals surface area (Å²) in [4.78, 5) is 0. The Bertz CT molecular complexity index is 349. The maximum Gasteiger partial charge on any atom is 0.120 e. The first-order chi connectivity index (χ1) is 9.65. The monoisotopic (exact) mass is 279 g/mol. The first-order valence-electron chi connectivity index (χ1n) is 7.75. The summed E-state index contributed by atoms with van der Waals surface area (Å²) in [6.07, 6.45) is 2.24. The lowest BCUT2D eigenvalue weighted by Crippen LogP contribution is -2.32. The molecule has 0 bridgehead atoms. The van der Waals surface area contributed by atoms with Gasteiger partial charge in [0.2, 0.25) is 0 Å². The first-order valence-corrected chi connectivity index (χ1v) is 7.75. The van der Waals surface area contributed by atoms with Crippen molar-refractivity contribution in [3.63, 3.8) is 0 Å². The zero-order chi connectivity index (χ0) is 14.8. The topological polar surface area (TPSA) is 30.5 Å². The van der Waals surface area contributed by atoms with E-state index in [2.05, 4.69) is 33.0 Å². The van der Waals surface area contributed by atoms with E-state index in [-0.39, 0.29) is 6.10 Å². The zero-order valence-corrected chi connectivity index (χ0v) is 13.3. The van der Waals surface area contributed by atoms with Crippen LogP contribution in [-0.2, 0) is 0 Å². The van der Waals surface area contributed by atoms with Crippen LogP contribution in [0.3, 0.4) is 0 Å². The highest BCUT2D eigenvalue weighted by Crippen LogP contribution is 2.19. The van der Waals surface area contributed by atoms with Gasteiger partial charge in [0.1, 0.15) is 17.6 Å². The molecule has 0 aromatic heterocycles. The summed E-state index contributed by atoms with van der Waals surface area (Å²) >= 11 is 0. The minimum Gasteiger partial charge on any atom is -0.494 e. The molecular weight excluding hydrogens is 250 g/mol. The third-order valence-corrected chi connectivity index (χ3v) is 2.98. The molecule has 1 N–H and O–H groups in total. The largest absolute Gasteiger partial charge is 0.494 e. The Hall–Kier alpha value is -1.22. The summed E-state index contributed by atoms with van der Waals surface area (Å²) in [6.45, 7) is 11.4. The minimum absolute atomic E-state index is 0.219. The molecule has 114 valence electrons. The smallest absolute Gasteiger partial charge is 0.120 e. The minimum atomic E-state index is 0.219. The Morgan fingerprint density at radius 2 is 1.65 bits per heavy atom. The molecular formula is C17H29NO2. The van der Waals surface area contributed by atoms with Crippen LogP contribution < -0.4 is 14.8 Å². The third kappa shape index (κ3) is 6.80. The van der Waals surface area contributed by atoms with Gasteiger partial charge in [0.15, 0.2) is 0 Å². The Kier molecular flexibility index (Phi) is 8.12. The molecule has 0 radical (unpaired) electrons. The summed E-state index contributed by atoms with van der Waals surface area (Å²) in [5.41, 5.74) is 0. The second-order valence-corrected chi connectivity index (χ2v) is 5.52. The maximum atomic E-state index is 5.99. The van der Waals surface area contributed by atoms with Gasteiger partial charge in [0.25, 0.3) is 0 Å². The molecule has 0 spiro atoms. The van der Waals surface area contributed by atoms with Gasteiger partial charge in [-0.1, -0.05) is 27.7 Å². The molecule has 1 unspecified atom stereocenters. The quantitative estimate of drug-likeness (QED) is 0.705. The molecule has 0 saturated heterocycles. The molecule has 3 heteroatoms. The number of nitrogens with one attached hydrogen (secondary N) is 1. The molecule has 1 atom stereocenters. The van der Waals surface area contributed by atoms with Crippen molar-refractivity contribution < 1.29 is 9.47 Å². The Morgan fingerprint density at radius 3 is 2.20 bits per heavy atom. The van der Waals surface area contributed by atoms with Gasteiger partial charge < -0.3 is 14.8 Å². The number of hydrogen-bond acceptors (Lipinski definition) is 3. The highest BCUT2D eigenvalue weighted by Gasteiger charge is 2.08. The van der Waals surface area contributed by atoms with Gasteiger partial charge in [-0.05, 0) is 49.6 Å². The third-order valence-electron chi connectivity index (χ3n) is 2.98. The highest BCUT2D eigenvalue weighted by atomic mass is 16.5. The molecule has 0 aliphatic carbocycles. The molecule has 1 aromatic rings. The lowest BCUT2D eigenvalue weighted by molar-refractivity contribution is 0.191. The van der Waals surface area contributed by atoms with Crippen molar-refractivity contribution in [2.24, 2.45) is 5.92 Å². The van der Waals surface area contributed by atoms with Crippen molar-refractivity contribution >= 4 is 0 Å². The van der Waals surface area contributed by atoms with E-state index in [1.54, 1.807) is 0 Å². The van der Waals surface area contributed by atoms with Crippen LogP contribution in [0.2, 0.25) is 0 Å². The van der Waals surface area contributed by atoms with Crippen LogP contribution in [0.15, 0.2) is 24.3 Å². The SMILES string of the molecule is CCCOc1ccc(OC(CC)CNCC(C)C)cc1. The van der Waals surface area contributed by atoms with Gasteiger partial charge in [-0.3, -0.25) is 0 Å². The Labute approximate surface area is 123 Å². The zero-order valence-electron chi connectivity index (χ0n) is 13.3. The fourth-order valence-electron chi connectivity index (χ4n) is 1.83. The first kappa shape index (κ1) is 16.8. The standard InChI is InChI=1S/C17H29NO2/c1-5-11-19-16-7-9-17(10-8-16)20-15(6-2)13-18-12-14(3)4/h7-10,14-15,18H,5-6,11-13H2,1-4H3. The van der Waals surface area contributed by atoms with Crippen LogP contribution in [0.4, 0.5) is 0 Å². The van der Waals surface area contributed by atoms with Gasteiger partial charge in [-0.2, -0.15) is 0 Å². The molecule has 0 amide bonds. The maximum absolute atomic E-state index is 5.99. The van der Waals surface area contributed by atoms with Gasteiger partial charge in [-0.15, -0.1) is 0 Å². The number of benzene rings is 1. The van der Waals surface area contributed by atoms with Crippen LogP contribution in [-0.4, -0.2) is 25.8 Å². The van der Waals surface area contributed by atoms with Crippen molar-refractivity contribution in [3.8, 4) is 11.5 Å². The summed E-state index contributed by atoms with van der Waals surface area (Å²) in [5, 5.41) is 3.45. The lowest BCUT2D eigenvalue weighted by atomic mass is 10.2. The Balaban J connectivity index is 2.40. The van der Waals surface area contributed by atoms with Crippen molar-refractivity contribution in [1.29, 1.82) is 0 Å². The molecule has 0 saturated carbocycles. The van der Waals surface area contributed by atoms with Gasteiger partial charge in [0, 0.05) is 6.54 Å². The van der Waals surface area contributed by atoms with E-state index in [4.69, 9.17) is 9.47 Å². The molecule has 0 fully saturated rings. The van der Waals surface area contributed by atoms with Gasteiger partial charge in [-0.25, -0.2) is 0 Å². The lowest BCUT2D eigenvalue weighted by Gasteiger charge is -2.19. The Morgan fingerprint density at radius 1 is 1.00 bits per heavy atom. The van der Waals surface area contributed by atoms with Crippen LogP contribution >= 0.6 is 0 Å². The summed E-state index contributed by atoms with van der Waals surface area (Å²) in [7, 11) is 0. The van der Waals surface area contributed by atoms with E-state index in [9.17, 15) is 0 Å². The second-order valence-electron chi connectivity index (χ2n) is 5.52. The van der Waals surface area contributed by atoms with E-state index in [0.29, 0.717) is 5.92 Å². The fourth-order valence-corrected chi connectivity index (χ4v) is 1.83. The number of ether oxygens (including phenoxy) is 2. The van der Waals surface area contributed by atoms with Crippen LogP contribution in [0.25, 0.3) is 0 Å². The van der Waals surface area contributed by atoms with Crippen LogP contribution in [0, 0.1) is 5.92 Å². The van der Waals surface area contributed by atoms with E-state index >= 15 is 0 Å². The van der Waals surface area contributed by atoms with Crippen molar-refractivity contribution in [1.82, 2.24) is 5.32 Å². The van der Waals surface area contributed by atoms with E-state index in [1.165, 1.54) is 0 Å². The van der Waals surface area contributed by atoms with Crippen LogP contribution in [0.5, 0.6) is 11.5 Å². The second kappa shape index (κ2) is 9.65. The summed E-state index contributed by atoms with van der Waals surface area (Å²) in [5.74, 6) is 2.49. The van der Waals surface area contributed by atoms with Crippen molar-refractivity contribution in [3.05, 3.63) is 24.3 Å². The molecule has 0 aliphatic rings. The molecule has 20 heavy (non-hydrogen) atoms. The van der Waals surface area contributed by atoms with Crippen LogP contribution in [0.1, 0.15) is 40.5 Å². The van der Waals surface area contributed by atoms with Gasteiger partial charge in [0.05, 0.1) is 6.61 Å². The predicted molar refractivity (Wildman–Crippen MR) is 84.6 cm³/mol. The highest BCUT2D eigenvalue weighted by molar-refractivity contribution is 5.31. The van der Waals surface area contributed by atoms with Crippen molar-refractivity contribution in [2.75, 3.05) is 19.7 Å². The van der Waals surface area contributed by atoms with Crippen molar-refractivity contribution in [2.45, 2.75) is 46.6 Å². The normalized spacial score (nSPS) is 12.4. The molecule has 0 aliphatic heterocycles. The van der Waals surface area contributed by atoms with E-state index in [1.807, 2.05) is 24.3 Å². The average Bonchev–Trinajstić information content (AvgIpc) is 2.45. The number of rotatable bonds is 10. The number of hydrogen-bond donors (Lipinski definition) is 1. The summed E-state index contributed by atoms with van der Waals surface area (Å²) in [6, 6.07) is 7.91. The molecule has 3 nitrogen and oxygen atoms in total. The predicted octanol–water partition coefficient (Wildman–Crippen LogP) is 3.88.